The van der Waals surface area contributed by atoms with Crippen LogP contribution in [0.15, 0.2) is 54.7 Å². The van der Waals surface area contributed by atoms with Gasteiger partial charge in [0.25, 0.3) is 0 Å². The molecule has 0 radical (unpaired) electrons. The molecule has 39 heavy (non-hydrogen) atoms. The molecular formula is C27H33N5O6S. The van der Waals surface area contributed by atoms with E-state index in [1.54, 1.807) is 18.3 Å². The third-order valence-electron chi connectivity index (χ3n) is 6.17. The number of carboxylic acids is 1. The van der Waals surface area contributed by atoms with Crippen LogP contribution in [0.2, 0.25) is 0 Å². The Morgan fingerprint density at radius 2 is 1.59 bits per heavy atom. The van der Waals surface area contributed by atoms with Crippen molar-refractivity contribution in [2.75, 3.05) is 18.6 Å². The van der Waals surface area contributed by atoms with E-state index in [0.29, 0.717) is 17.7 Å². The summed E-state index contributed by atoms with van der Waals surface area (Å²) in [6.07, 6.45) is 3.93. The number of aromatic nitrogens is 1. The SMILES string of the molecule is CSCCC(NC(=O)CN)C(=O)NC(Cc1ccc(O)cc1)C(=O)NC(Cc1c[nH]c2ccccc12)C(=O)O. The van der Waals surface area contributed by atoms with Crippen LogP contribution in [0.5, 0.6) is 5.75 Å². The molecule has 2 aromatic carbocycles. The fourth-order valence-corrected chi connectivity index (χ4v) is 4.57. The molecule has 0 saturated carbocycles. The van der Waals surface area contributed by atoms with Crippen molar-refractivity contribution in [3.63, 3.8) is 0 Å². The number of carboxylic acid groups (broad SMARTS) is 1. The van der Waals surface area contributed by atoms with Crippen LogP contribution < -0.4 is 21.7 Å². The minimum Gasteiger partial charge on any atom is -0.508 e. The fourth-order valence-electron chi connectivity index (χ4n) is 4.10. The van der Waals surface area contributed by atoms with Crippen LogP contribution in [0.25, 0.3) is 10.9 Å². The Labute approximate surface area is 229 Å². The van der Waals surface area contributed by atoms with Crippen molar-refractivity contribution in [2.24, 2.45) is 5.73 Å². The first-order valence-electron chi connectivity index (χ1n) is 12.4. The molecule has 208 valence electrons. The van der Waals surface area contributed by atoms with Crippen molar-refractivity contribution in [3.8, 4) is 5.75 Å². The van der Waals surface area contributed by atoms with Gasteiger partial charge in [-0.3, -0.25) is 14.4 Å². The van der Waals surface area contributed by atoms with Crippen LogP contribution in [0.1, 0.15) is 17.5 Å². The molecule has 3 unspecified atom stereocenters. The smallest absolute Gasteiger partial charge is 0.326 e. The van der Waals surface area contributed by atoms with Gasteiger partial charge in [-0.1, -0.05) is 30.3 Å². The average molecular weight is 556 g/mol. The van der Waals surface area contributed by atoms with E-state index in [1.807, 2.05) is 30.5 Å². The Balaban J connectivity index is 1.81. The zero-order valence-electron chi connectivity index (χ0n) is 21.5. The minimum absolute atomic E-state index is 0.0217. The molecule has 8 N–H and O–H groups in total. The van der Waals surface area contributed by atoms with Crippen molar-refractivity contribution in [2.45, 2.75) is 37.4 Å². The molecule has 0 fully saturated rings. The molecule has 0 bridgehead atoms. The van der Waals surface area contributed by atoms with E-state index in [1.165, 1.54) is 23.9 Å². The van der Waals surface area contributed by atoms with Crippen molar-refractivity contribution in [3.05, 3.63) is 65.9 Å². The second-order valence-corrected chi connectivity index (χ2v) is 9.99. The number of aliphatic carboxylic acids is 1. The second kappa shape index (κ2) is 14.2. The minimum atomic E-state index is -1.26. The molecule has 3 amide bonds. The lowest BCUT2D eigenvalue weighted by Crippen LogP contribution is -2.57. The number of carbonyl (C=O) groups is 4. The van der Waals surface area contributed by atoms with Gasteiger partial charge in [-0.15, -0.1) is 0 Å². The highest BCUT2D eigenvalue weighted by Gasteiger charge is 2.30. The lowest BCUT2D eigenvalue weighted by atomic mass is 10.0. The summed E-state index contributed by atoms with van der Waals surface area (Å²) in [6, 6.07) is 10.2. The number of nitrogens with two attached hydrogens (primary N) is 1. The maximum atomic E-state index is 13.4. The number of phenolic OH excluding ortho intramolecular Hbond substituents is 1. The Bertz CT molecular complexity index is 1300. The molecule has 12 heteroatoms. The molecule has 3 atom stereocenters. The van der Waals surface area contributed by atoms with Crippen molar-refractivity contribution >= 4 is 46.4 Å². The van der Waals surface area contributed by atoms with Crippen LogP contribution in [0.4, 0.5) is 0 Å². The maximum Gasteiger partial charge on any atom is 0.326 e. The number of thioether (sulfide) groups is 1. The number of amides is 3. The number of phenols is 1. The third-order valence-corrected chi connectivity index (χ3v) is 6.81. The highest BCUT2D eigenvalue weighted by Crippen LogP contribution is 2.19. The summed E-state index contributed by atoms with van der Waals surface area (Å²) in [4.78, 5) is 53.7. The molecule has 3 aromatic rings. The number of carbonyl (C=O) groups excluding carboxylic acids is 3. The van der Waals surface area contributed by atoms with Crippen LogP contribution in [0.3, 0.4) is 0 Å². The maximum absolute atomic E-state index is 13.4. The topological polar surface area (TPSA) is 187 Å². The summed E-state index contributed by atoms with van der Waals surface area (Å²) in [5.41, 5.74) is 7.59. The van der Waals surface area contributed by atoms with E-state index >= 15 is 0 Å². The molecular weight excluding hydrogens is 522 g/mol. The average Bonchev–Trinajstić information content (AvgIpc) is 3.33. The summed E-state index contributed by atoms with van der Waals surface area (Å²) >= 11 is 1.49. The number of para-hydroxylation sites is 1. The van der Waals surface area contributed by atoms with Gasteiger partial charge >= 0.3 is 5.97 Å². The van der Waals surface area contributed by atoms with Gasteiger partial charge in [0.15, 0.2) is 0 Å². The predicted molar refractivity (Wildman–Crippen MR) is 149 cm³/mol. The number of rotatable bonds is 14. The normalized spacial score (nSPS) is 13.3. The Morgan fingerprint density at radius 3 is 2.26 bits per heavy atom. The summed E-state index contributed by atoms with van der Waals surface area (Å²) in [7, 11) is 0. The van der Waals surface area contributed by atoms with Gasteiger partial charge in [0.1, 0.15) is 23.9 Å². The van der Waals surface area contributed by atoms with E-state index in [0.717, 1.165) is 16.5 Å². The Morgan fingerprint density at radius 1 is 0.923 bits per heavy atom. The molecule has 3 rings (SSSR count). The number of benzene rings is 2. The van der Waals surface area contributed by atoms with Gasteiger partial charge in [0, 0.05) is 29.9 Å². The van der Waals surface area contributed by atoms with E-state index in [-0.39, 0.29) is 25.1 Å². The highest BCUT2D eigenvalue weighted by molar-refractivity contribution is 7.98. The number of hydrogen-bond acceptors (Lipinski definition) is 7. The molecule has 1 aromatic heterocycles. The van der Waals surface area contributed by atoms with Gasteiger partial charge in [0.2, 0.25) is 17.7 Å². The van der Waals surface area contributed by atoms with Gasteiger partial charge in [0.05, 0.1) is 6.54 Å². The Kier molecular flexibility index (Phi) is 10.8. The zero-order valence-corrected chi connectivity index (χ0v) is 22.3. The summed E-state index contributed by atoms with van der Waals surface area (Å²) < 4.78 is 0. The molecule has 0 aliphatic rings. The second-order valence-electron chi connectivity index (χ2n) is 9.00. The molecule has 0 aliphatic carbocycles. The van der Waals surface area contributed by atoms with Crippen LogP contribution in [-0.2, 0) is 32.0 Å². The highest BCUT2D eigenvalue weighted by atomic mass is 32.2. The molecule has 11 nitrogen and oxygen atoms in total. The van der Waals surface area contributed by atoms with Crippen LogP contribution in [0, 0.1) is 0 Å². The molecule has 0 aliphatic heterocycles. The first-order valence-corrected chi connectivity index (χ1v) is 13.8. The number of H-pyrrole nitrogens is 1. The summed E-state index contributed by atoms with van der Waals surface area (Å²) in [5.74, 6) is -2.42. The summed E-state index contributed by atoms with van der Waals surface area (Å²) in [6.45, 7) is -0.297. The van der Waals surface area contributed by atoms with Crippen LogP contribution >= 0.6 is 11.8 Å². The number of hydrogen-bond donors (Lipinski definition) is 7. The zero-order chi connectivity index (χ0) is 28.4. The fraction of sp³-hybridized carbons (Fsp3) is 0.333. The van der Waals surface area contributed by atoms with Gasteiger partial charge in [-0.2, -0.15) is 11.8 Å². The lowest BCUT2D eigenvalue weighted by molar-refractivity contribution is -0.142. The van der Waals surface area contributed by atoms with E-state index in [4.69, 9.17) is 5.73 Å². The summed E-state index contributed by atoms with van der Waals surface area (Å²) in [5, 5.41) is 28.2. The van der Waals surface area contributed by atoms with Crippen molar-refractivity contribution < 1.29 is 29.4 Å². The van der Waals surface area contributed by atoms with Crippen LogP contribution in [-0.4, -0.2) is 75.6 Å². The number of aromatic amines is 1. The number of nitrogens with one attached hydrogen (secondary N) is 4. The quantitative estimate of drug-likeness (QED) is 0.153. The first kappa shape index (κ1) is 29.5. The first-order chi connectivity index (χ1) is 18.7. The Hall–Kier alpha value is -4.03. The van der Waals surface area contributed by atoms with E-state index in [2.05, 4.69) is 20.9 Å². The van der Waals surface area contributed by atoms with E-state index in [9.17, 15) is 29.4 Å². The number of aromatic hydroxyl groups is 1. The number of fused-ring (bicyclic) bond motifs is 1. The molecule has 0 saturated heterocycles. The third kappa shape index (κ3) is 8.48. The van der Waals surface area contributed by atoms with Gasteiger partial charge < -0.3 is 36.9 Å². The lowest BCUT2D eigenvalue weighted by Gasteiger charge is -2.24. The van der Waals surface area contributed by atoms with Crippen molar-refractivity contribution in [1.82, 2.24) is 20.9 Å². The predicted octanol–water partition coefficient (Wildman–Crippen LogP) is 0.910. The monoisotopic (exact) mass is 555 g/mol. The van der Waals surface area contributed by atoms with E-state index < -0.39 is 41.8 Å². The molecule has 0 spiro atoms. The largest absolute Gasteiger partial charge is 0.508 e. The van der Waals surface area contributed by atoms with Crippen molar-refractivity contribution in [1.29, 1.82) is 0 Å². The standard InChI is InChI=1S/C27H33N5O6S/c1-39-11-10-21(30-24(34)14-28)25(35)31-22(12-16-6-8-18(33)9-7-16)26(36)32-23(27(37)38)13-17-15-29-20-5-3-2-4-19(17)20/h2-9,15,21-23,29,33H,10-14,28H2,1H3,(H,30,34)(H,31,35)(H,32,36)(H,37,38). The van der Waals surface area contributed by atoms with Gasteiger partial charge in [-0.25, -0.2) is 4.79 Å². The molecule has 1 heterocycles. The van der Waals surface area contributed by atoms with Gasteiger partial charge in [-0.05, 0) is 47.8 Å².